The van der Waals surface area contributed by atoms with E-state index in [4.69, 9.17) is 11.0 Å². The molecule has 2 fully saturated rings. The van der Waals surface area contributed by atoms with E-state index < -0.39 is 6.04 Å². The molecule has 0 radical (unpaired) electrons. The summed E-state index contributed by atoms with van der Waals surface area (Å²) in [6.07, 6.45) is 2.01. The number of rotatable bonds is 3. The van der Waals surface area contributed by atoms with Gasteiger partial charge < -0.3 is 10.6 Å². The van der Waals surface area contributed by atoms with E-state index >= 15 is 0 Å². The summed E-state index contributed by atoms with van der Waals surface area (Å²) in [5.41, 5.74) is 5.93. The number of fused-ring (bicyclic) bond motifs is 1. The molecule has 1 saturated heterocycles. The standard InChI is InChI=1S/C12H19N3O/c1-3-7(2)11(14)12(16)15-6-8-4-9(8)10(15)5-13/h7-11H,3-4,6,14H2,1-2H3/t7?,8-,9?,10+,11+/m1/s1. The first-order valence-corrected chi connectivity index (χ1v) is 6.05. The summed E-state index contributed by atoms with van der Waals surface area (Å²) in [5.74, 6) is 1.15. The number of carbonyl (C=O) groups is 1. The van der Waals surface area contributed by atoms with Crippen LogP contribution in [0.2, 0.25) is 0 Å². The largest absolute Gasteiger partial charge is 0.325 e. The van der Waals surface area contributed by atoms with Gasteiger partial charge in [-0.05, 0) is 24.2 Å². The Morgan fingerprint density at radius 1 is 1.69 bits per heavy atom. The minimum absolute atomic E-state index is 0.0342. The Morgan fingerprint density at radius 3 is 2.94 bits per heavy atom. The Labute approximate surface area is 96.4 Å². The Bertz CT molecular complexity index is 336. The van der Waals surface area contributed by atoms with Crippen LogP contribution in [0.25, 0.3) is 0 Å². The van der Waals surface area contributed by atoms with Crippen LogP contribution in [0.15, 0.2) is 0 Å². The van der Waals surface area contributed by atoms with Crippen LogP contribution < -0.4 is 5.73 Å². The first kappa shape index (κ1) is 11.4. The van der Waals surface area contributed by atoms with Gasteiger partial charge in [-0.25, -0.2) is 0 Å². The van der Waals surface area contributed by atoms with Crippen LogP contribution >= 0.6 is 0 Å². The molecule has 2 unspecified atom stereocenters. The van der Waals surface area contributed by atoms with E-state index in [1.807, 2.05) is 13.8 Å². The van der Waals surface area contributed by atoms with E-state index in [1.165, 1.54) is 0 Å². The van der Waals surface area contributed by atoms with Crippen molar-refractivity contribution in [1.29, 1.82) is 5.26 Å². The van der Waals surface area contributed by atoms with Crippen molar-refractivity contribution in [2.24, 2.45) is 23.5 Å². The smallest absolute Gasteiger partial charge is 0.240 e. The molecule has 0 aromatic rings. The fourth-order valence-electron chi connectivity index (χ4n) is 2.55. The average Bonchev–Trinajstić information content (AvgIpc) is 2.98. The minimum atomic E-state index is -0.446. The molecule has 1 heterocycles. The first-order chi connectivity index (χ1) is 7.60. The molecule has 2 N–H and O–H groups in total. The van der Waals surface area contributed by atoms with Crippen LogP contribution in [0.1, 0.15) is 26.7 Å². The Hall–Kier alpha value is -1.08. The second-order valence-electron chi connectivity index (χ2n) is 5.14. The van der Waals surface area contributed by atoms with Gasteiger partial charge in [0, 0.05) is 6.54 Å². The zero-order chi connectivity index (χ0) is 11.9. The number of hydrogen-bond donors (Lipinski definition) is 1. The third kappa shape index (κ3) is 1.69. The van der Waals surface area contributed by atoms with Crippen molar-refractivity contribution in [2.45, 2.75) is 38.8 Å². The van der Waals surface area contributed by atoms with Gasteiger partial charge >= 0.3 is 0 Å². The second kappa shape index (κ2) is 4.06. The summed E-state index contributed by atoms with van der Waals surface area (Å²) in [6, 6.07) is 1.59. The van der Waals surface area contributed by atoms with Gasteiger partial charge in [-0.3, -0.25) is 4.79 Å². The highest BCUT2D eigenvalue weighted by atomic mass is 16.2. The number of carbonyl (C=O) groups excluding carboxylic acids is 1. The van der Waals surface area contributed by atoms with Crippen LogP contribution in [0.4, 0.5) is 0 Å². The molecule has 0 bridgehead atoms. The summed E-state index contributed by atoms with van der Waals surface area (Å²) >= 11 is 0. The van der Waals surface area contributed by atoms with Gasteiger partial charge in [-0.1, -0.05) is 20.3 Å². The molecular formula is C12H19N3O. The van der Waals surface area contributed by atoms with E-state index in [0.717, 1.165) is 19.4 Å². The molecular weight excluding hydrogens is 202 g/mol. The van der Waals surface area contributed by atoms with Crippen molar-refractivity contribution in [1.82, 2.24) is 4.90 Å². The Kier molecular flexibility index (Phi) is 2.90. The van der Waals surface area contributed by atoms with Crippen LogP contribution in [0.5, 0.6) is 0 Å². The number of nitrogens with zero attached hydrogens (tertiary/aromatic N) is 2. The number of hydrogen-bond acceptors (Lipinski definition) is 3. The molecule has 88 valence electrons. The highest BCUT2D eigenvalue weighted by molar-refractivity contribution is 5.83. The predicted molar refractivity (Wildman–Crippen MR) is 60.1 cm³/mol. The summed E-state index contributed by atoms with van der Waals surface area (Å²) in [4.78, 5) is 13.8. The van der Waals surface area contributed by atoms with Gasteiger partial charge in [0.15, 0.2) is 0 Å². The molecule has 5 atom stereocenters. The summed E-state index contributed by atoms with van der Waals surface area (Å²) in [5, 5.41) is 9.08. The quantitative estimate of drug-likeness (QED) is 0.763. The monoisotopic (exact) mass is 221 g/mol. The van der Waals surface area contributed by atoms with E-state index in [2.05, 4.69) is 6.07 Å². The number of nitriles is 1. The van der Waals surface area contributed by atoms with Crippen molar-refractivity contribution in [2.75, 3.05) is 6.54 Å². The van der Waals surface area contributed by atoms with Gasteiger partial charge in [-0.2, -0.15) is 5.26 Å². The topological polar surface area (TPSA) is 70.1 Å². The first-order valence-electron chi connectivity index (χ1n) is 6.05. The molecule has 0 aromatic carbocycles. The Balaban J connectivity index is 2.03. The maximum atomic E-state index is 12.1. The maximum absolute atomic E-state index is 12.1. The number of piperidine rings is 1. The van der Waals surface area contributed by atoms with Crippen molar-refractivity contribution in [3.8, 4) is 6.07 Å². The van der Waals surface area contributed by atoms with E-state index in [1.54, 1.807) is 4.90 Å². The van der Waals surface area contributed by atoms with Gasteiger partial charge in [0.05, 0.1) is 12.1 Å². The van der Waals surface area contributed by atoms with Crippen molar-refractivity contribution in [3.63, 3.8) is 0 Å². The molecule has 16 heavy (non-hydrogen) atoms. The fraction of sp³-hybridized carbons (Fsp3) is 0.833. The molecule has 4 nitrogen and oxygen atoms in total. The lowest BCUT2D eigenvalue weighted by Crippen LogP contribution is -2.49. The molecule has 2 rings (SSSR count). The molecule has 1 aliphatic heterocycles. The van der Waals surface area contributed by atoms with E-state index in [-0.39, 0.29) is 17.9 Å². The maximum Gasteiger partial charge on any atom is 0.240 e. The molecule has 1 amide bonds. The second-order valence-corrected chi connectivity index (χ2v) is 5.14. The number of nitrogens with two attached hydrogens (primary N) is 1. The van der Waals surface area contributed by atoms with Gasteiger partial charge in [0.25, 0.3) is 0 Å². The van der Waals surface area contributed by atoms with Gasteiger partial charge in [-0.15, -0.1) is 0 Å². The third-order valence-corrected chi connectivity index (χ3v) is 4.11. The minimum Gasteiger partial charge on any atom is -0.325 e. The SMILES string of the molecule is CCC(C)[C@H](N)C(=O)N1C[C@H]2CC2[C@@H]1C#N. The highest BCUT2D eigenvalue weighted by Crippen LogP contribution is 2.49. The molecule has 0 aromatic heterocycles. The van der Waals surface area contributed by atoms with Crippen LogP contribution in [-0.2, 0) is 4.79 Å². The average molecular weight is 221 g/mol. The van der Waals surface area contributed by atoms with Crippen LogP contribution in [0.3, 0.4) is 0 Å². The summed E-state index contributed by atoms with van der Waals surface area (Å²) in [6.45, 7) is 4.76. The van der Waals surface area contributed by atoms with E-state index in [0.29, 0.717) is 11.8 Å². The summed E-state index contributed by atoms with van der Waals surface area (Å²) < 4.78 is 0. The fourth-order valence-corrected chi connectivity index (χ4v) is 2.55. The molecule has 2 aliphatic rings. The van der Waals surface area contributed by atoms with Crippen molar-refractivity contribution >= 4 is 5.91 Å². The predicted octanol–water partition coefficient (Wildman–Crippen LogP) is 0.730. The van der Waals surface area contributed by atoms with Crippen LogP contribution in [0, 0.1) is 29.1 Å². The number of likely N-dealkylation sites (tertiary alicyclic amines) is 1. The molecule has 1 saturated carbocycles. The molecule has 4 heteroatoms. The zero-order valence-electron chi connectivity index (χ0n) is 9.89. The number of amides is 1. The van der Waals surface area contributed by atoms with E-state index in [9.17, 15) is 4.79 Å². The van der Waals surface area contributed by atoms with Crippen molar-refractivity contribution in [3.05, 3.63) is 0 Å². The molecule has 0 spiro atoms. The lowest BCUT2D eigenvalue weighted by Gasteiger charge is -2.28. The van der Waals surface area contributed by atoms with Gasteiger partial charge in [0.2, 0.25) is 5.91 Å². The lowest BCUT2D eigenvalue weighted by atomic mass is 9.98. The van der Waals surface area contributed by atoms with Gasteiger partial charge in [0.1, 0.15) is 6.04 Å². The Morgan fingerprint density at radius 2 is 2.38 bits per heavy atom. The highest BCUT2D eigenvalue weighted by Gasteiger charge is 2.54. The van der Waals surface area contributed by atoms with Crippen LogP contribution in [-0.4, -0.2) is 29.4 Å². The normalized spacial score (nSPS) is 35.1. The molecule has 1 aliphatic carbocycles. The zero-order valence-corrected chi connectivity index (χ0v) is 9.89. The third-order valence-electron chi connectivity index (χ3n) is 4.11. The summed E-state index contributed by atoms with van der Waals surface area (Å²) in [7, 11) is 0. The lowest BCUT2D eigenvalue weighted by molar-refractivity contribution is -0.134. The van der Waals surface area contributed by atoms with Crippen molar-refractivity contribution < 1.29 is 4.79 Å².